The van der Waals surface area contributed by atoms with Gasteiger partial charge in [0.25, 0.3) is 0 Å². The van der Waals surface area contributed by atoms with E-state index >= 15 is 0 Å². The topological polar surface area (TPSA) is 91.4 Å². The van der Waals surface area contributed by atoms with Crippen LogP contribution in [-0.4, -0.2) is 38.5 Å². The minimum absolute atomic E-state index is 0.0852. The highest BCUT2D eigenvalue weighted by molar-refractivity contribution is 5.91. The van der Waals surface area contributed by atoms with Gasteiger partial charge in [-0.2, -0.15) is 18.3 Å². The quantitative estimate of drug-likeness (QED) is 0.429. The molecule has 0 atom stereocenters. The summed E-state index contributed by atoms with van der Waals surface area (Å²) in [6.07, 6.45) is -2.85. The van der Waals surface area contributed by atoms with E-state index in [4.69, 9.17) is 0 Å². The Morgan fingerprint density at radius 3 is 2.47 bits per heavy atom. The maximum Gasteiger partial charge on any atom is 0.417 e. The summed E-state index contributed by atoms with van der Waals surface area (Å²) in [6.45, 7) is 1.66. The Kier molecular flexibility index (Phi) is 5.22. The van der Waals surface area contributed by atoms with Crippen molar-refractivity contribution in [3.8, 4) is 11.4 Å². The van der Waals surface area contributed by atoms with Crippen LogP contribution in [-0.2, 0) is 6.18 Å². The number of nitrogens with zero attached hydrogens (tertiary/aromatic N) is 4. The second-order valence-corrected chi connectivity index (χ2v) is 7.68. The minimum atomic E-state index is -4.53. The molecule has 0 amide bonds. The number of rotatable bonds is 4. The van der Waals surface area contributed by atoms with Crippen LogP contribution in [0.2, 0.25) is 0 Å². The van der Waals surface area contributed by atoms with Gasteiger partial charge in [0, 0.05) is 16.9 Å². The fourth-order valence-corrected chi connectivity index (χ4v) is 4.01. The number of halogens is 3. The molecule has 1 aliphatic heterocycles. The van der Waals surface area contributed by atoms with E-state index in [1.807, 2.05) is 24.3 Å². The Labute approximate surface area is 181 Å². The first-order valence-electron chi connectivity index (χ1n) is 10.3. The molecular formula is C22H20F3N7. The summed E-state index contributed by atoms with van der Waals surface area (Å²) >= 11 is 0. The van der Waals surface area contributed by atoms with Crippen molar-refractivity contribution < 1.29 is 13.2 Å². The van der Waals surface area contributed by atoms with Gasteiger partial charge in [-0.25, -0.2) is 4.98 Å². The molecule has 32 heavy (non-hydrogen) atoms. The van der Waals surface area contributed by atoms with Crippen molar-refractivity contribution in [3.05, 3.63) is 59.8 Å². The number of aromatic amines is 1. The third-order valence-electron chi connectivity index (χ3n) is 5.62. The van der Waals surface area contributed by atoms with E-state index in [0.29, 0.717) is 17.3 Å². The number of piperidine rings is 1. The highest BCUT2D eigenvalue weighted by Crippen LogP contribution is 2.37. The maximum absolute atomic E-state index is 13.6. The largest absolute Gasteiger partial charge is 0.417 e. The fraction of sp³-hybridized carbons (Fsp3) is 0.273. The molecule has 0 radical (unpaired) electrons. The van der Waals surface area contributed by atoms with Gasteiger partial charge in [-0.05, 0) is 44.1 Å². The first-order chi connectivity index (χ1) is 15.5. The molecule has 7 nitrogen and oxygen atoms in total. The van der Waals surface area contributed by atoms with E-state index in [2.05, 4.69) is 36.0 Å². The molecule has 1 aliphatic rings. The van der Waals surface area contributed by atoms with Gasteiger partial charge in [-0.3, -0.25) is 5.10 Å². The van der Waals surface area contributed by atoms with Gasteiger partial charge in [0.15, 0.2) is 17.5 Å². The Bertz CT molecular complexity index is 1250. The monoisotopic (exact) mass is 439 g/mol. The zero-order chi connectivity index (χ0) is 22.1. The summed E-state index contributed by atoms with van der Waals surface area (Å²) in [5.41, 5.74) is 0.557. The predicted molar refractivity (Wildman–Crippen MR) is 114 cm³/mol. The van der Waals surface area contributed by atoms with Crippen molar-refractivity contribution in [2.45, 2.75) is 24.9 Å². The highest BCUT2D eigenvalue weighted by atomic mass is 19.4. The molecule has 1 fully saturated rings. The average Bonchev–Trinajstić information content (AvgIpc) is 3.22. The van der Waals surface area contributed by atoms with Crippen LogP contribution in [0.4, 0.5) is 24.8 Å². The van der Waals surface area contributed by atoms with Gasteiger partial charge in [-0.1, -0.05) is 30.3 Å². The van der Waals surface area contributed by atoms with E-state index in [0.717, 1.165) is 42.9 Å². The first-order valence-corrected chi connectivity index (χ1v) is 10.3. The van der Waals surface area contributed by atoms with Gasteiger partial charge in [-0.15, -0.1) is 10.2 Å². The number of benzene rings is 2. The fourth-order valence-electron chi connectivity index (χ4n) is 4.01. The van der Waals surface area contributed by atoms with Gasteiger partial charge in [0.1, 0.15) is 5.69 Å². The number of fused-ring (bicyclic) bond motifs is 1. The van der Waals surface area contributed by atoms with Gasteiger partial charge < -0.3 is 10.6 Å². The van der Waals surface area contributed by atoms with Gasteiger partial charge >= 0.3 is 6.18 Å². The number of para-hydroxylation sites is 1. The minimum Gasteiger partial charge on any atom is -0.321 e. The molecule has 164 valence electrons. The third kappa shape index (κ3) is 3.89. The summed E-state index contributed by atoms with van der Waals surface area (Å²) in [6, 6.07) is 12.8. The van der Waals surface area contributed by atoms with Crippen molar-refractivity contribution in [1.29, 1.82) is 0 Å². The van der Waals surface area contributed by atoms with E-state index in [1.54, 1.807) is 0 Å². The van der Waals surface area contributed by atoms with Crippen molar-refractivity contribution in [3.63, 3.8) is 0 Å². The SMILES string of the molecule is FC(F)(F)c1ccccc1-c1nnc(C2CCNCC2)c(Nc2n[nH]c3ccccc23)n1. The lowest BCUT2D eigenvalue weighted by Gasteiger charge is -2.23. The van der Waals surface area contributed by atoms with Crippen LogP contribution in [0.1, 0.15) is 30.0 Å². The zero-order valence-corrected chi connectivity index (χ0v) is 16.9. The lowest BCUT2D eigenvalue weighted by molar-refractivity contribution is -0.137. The van der Waals surface area contributed by atoms with Crippen LogP contribution >= 0.6 is 0 Å². The number of H-pyrrole nitrogens is 1. The molecule has 0 bridgehead atoms. The Morgan fingerprint density at radius 2 is 1.66 bits per heavy atom. The molecule has 5 rings (SSSR count). The van der Waals surface area contributed by atoms with E-state index in [-0.39, 0.29) is 17.3 Å². The van der Waals surface area contributed by atoms with Gasteiger partial charge in [0.05, 0.1) is 11.1 Å². The Balaban J connectivity index is 1.61. The number of hydrogen-bond donors (Lipinski definition) is 3. The van der Waals surface area contributed by atoms with E-state index < -0.39 is 11.7 Å². The van der Waals surface area contributed by atoms with E-state index in [1.165, 1.54) is 18.2 Å². The standard InChI is InChI=1S/C22H20F3N7/c23-22(24,25)16-7-3-1-5-14(16)19-27-21(18(30-32-19)13-9-11-26-12-10-13)28-20-15-6-2-4-8-17(15)29-31-20/h1-8,13,26H,9-12H2,(H2,27,28,29,31,32). The van der Waals surface area contributed by atoms with Crippen molar-refractivity contribution in [2.24, 2.45) is 0 Å². The molecule has 4 aromatic rings. The third-order valence-corrected chi connectivity index (χ3v) is 5.62. The van der Waals surface area contributed by atoms with Crippen LogP contribution < -0.4 is 10.6 Å². The van der Waals surface area contributed by atoms with Crippen molar-refractivity contribution in [2.75, 3.05) is 18.4 Å². The molecule has 2 aromatic heterocycles. The summed E-state index contributed by atoms with van der Waals surface area (Å²) in [5.74, 6) is 0.913. The maximum atomic E-state index is 13.6. The van der Waals surface area contributed by atoms with Gasteiger partial charge in [0.2, 0.25) is 0 Å². The van der Waals surface area contributed by atoms with Crippen LogP contribution in [0.15, 0.2) is 48.5 Å². The summed E-state index contributed by atoms with van der Waals surface area (Å²) in [4.78, 5) is 4.51. The molecule has 3 heterocycles. The first kappa shape index (κ1) is 20.4. The van der Waals surface area contributed by atoms with Crippen LogP contribution in [0.3, 0.4) is 0 Å². The summed E-state index contributed by atoms with van der Waals surface area (Å²) < 4.78 is 40.7. The lowest BCUT2D eigenvalue weighted by Crippen LogP contribution is -2.28. The molecule has 1 saturated heterocycles. The predicted octanol–water partition coefficient (Wildman–Crippen LogP) is 4.64. The number of nitrogens with one attached hydrogen (secondary N) is 3. The molecule has 0 unspecified atom stereocenters. The second-order valence-electron chi connectivity index (χ2n) is 7.68. The highest BCUT2D eigenvalue weighted by Gasteiger charge is 2.34. The molecule has 3 N–H and O–H groups in total. The number of hydrogen-bond acceptors (Lipinski definition) is 6. The Hall–Kier alpha value is -3.53. The van der Waals surface area contributed by atoms with Crippen molar-refractivity contribution >= 4 is 22.5 Å². The summed E-state index contributed by atoms with van der Waals surface area (Å²) in [7, 11) is 0. The van der Waals surface area contributed by atoms with Crippen LogP contribution in [0, 0.1) is 0 Å². The normalized spacial score (nSPS) is 15.2. The molecule has 2 aromatic carbocycles. The molecule has 0 aliphatic carbocycles. The van der Waals surface area contributed by atoms with Crippen molar-refractivity contribution in [1.82, 2.24) is 30.7 Å². The smallest absolute Gasteiger partial charge is 0.321 e. The molecule has 0 spiro atoms. The number of aromatic nitrogens is 5. The number of alkyl halides is 3. The Morgan fingerprint density at radius 1 is 0.906 bits per heavy atom. The average molecular weight is 439 g/mol. The van der Waals surface area contributed by atoms with Crippen LogP contribution in [0.25, 0.3) is 22.3 Å². The number of anilines is 2. The molecule has 0 saturated carbocycles. The second kappa shape index (κ2) is 8.19. The lowest BCUT2D eigenvalue weighted by atomic mass is 9.94. The summed E-state index contributed by atoms with van der Waals surface area (Å²) in [5, 5.41) is 23.1. The van der Waals surface area contributed by atoms with Crippen LogP contribution in [0.5, 0.6) is 0 Å². The zero-order valence-electron chi connectivity index (χ0n) is 16.9. The molecule has 10 heteroatoms. The molecular weight excluding hydrogens is 419 g/mol. The van der Waals surface area contributed by atoms with E-state index in [9.17, 15) is 13.2 Å².